The van der Waals surface area contributed by atoms with Gasteiger partial charge in [-0.2, -0.15) is 4.39 Å². The summed E-state index contributed by atoms with van der Waals surface area (Å²) >= 11 is 0. The molecule has 0 aliphatic heterocycles. The Balaban J connectivity index is 1.59. The van der Waals surface area contributed by atoms with Gasteiger partial charge in [-0.1, -0.05) is 0 Å². The molecule has 0 atom stereocenters. The summed E-state index contributed by atoms with van der Waals surface area (Å²) in [5, 5.41) is 0. The first-order valence-corrected chi connectivity index (χ1v) is 9.55. The van der Waals surface area contributed by atoms with Crippen LogP contribution < -0.4 is 9.47 Å². The van der Waals surface area contributed by atoms with Crippen molar-refractivity contribution in [2.45, 2.75) is 20.5 Å². The molecule has 0 fully saturated rings. The minimum absolute atomic E-state index is 0.00222. The van der Waals surface area contributed by atoms with Crippen LogP contribution in [-0.2, 0) is 6.61 Å². The van der Waals surface area contributed by atoms with Crippen molar-refractivity contribution in [2.24, 2.45) is 0 Å². The van der Waals surface area contributed by atoms with Crippen LogP contribution in [0.4, 0.5) is 8.78 Å². The van der Waals surface area contributed by atoms with Crippen molar-refractivity contribution < 1.29 is 18.3 Å². The van der Waals surface area contributed by atoms with Crippen LogP contribution in [0.15, 0.2) is 48.8 Å². The molecule has 4 rings (SSSR count). The van der Waals surface area contributed by atoms with E-state index in [1.807, 2.05) is 13.0 Å². The number of pyridine rings is 2. The van der Waals surface area contributed by atoms with Crippen molar-refractivity contribution in [2.75, 3.05) is 7.11 Å². The van der Waals surface area contributed by atoms with Gasteiger partial charge in [0.2, 0.25) is 5.95 Å². The van der Waals surface area contributed by atoms with E-state index in [1.54, 1.807) is 38.4 Å². The lowest BCUT2D eigenvalue weighted by atomic mass is 10.1. The van der Waals surface area contributed by atoms with Gasteiger partial charge in [0.05, 0.1) is 12.8 Å². The fraction of sp³-hybridized carbons (Fsp3) is 0.174. The molecule has 0 radical (unpaired) electrons. The molecule has 0 bridgehead atoms. The monoisotopic (exact) mass is 422 g/mol. The number of ether oxygens (including phenoxy) is 2. The van der Waals surface area contributed by atoms with Gasteiger partial charge in [0.15, 0.2) is 0 Å². The lowest BCUT2D eigenvalue weighted by Crippen LogP contribution is -2.02. The van der Waals surface area contributed by atoms with Gasteiger partial charge in [-0.3, -0.25) is 4.98 Å². The molecule has 0 spiro atoms. The molecule has 1 N–H and O–H groups in total. The first-order valence-electron chi connectivity index (χ1n) is 9.55. The van der Waals surface area contributed by atoms with E-state index < -0.39 is 11.8 Å². The van der Waals surface area contributed by atoms with E-state index in [-0.39, 0.29) is 12.3 Å². The maximum Gasteiger partial charge on any atom is 0.212 e. The second-order valence-electron chi connectivity index (χ2n) is 7.02. The number of methoxy groups -OCH3 is 1. The molecule has 0 unspecified atom stereocenters. The second kappa shape index (κ2) is 8.51. The number of benzene rings is 1. The van der Waals surface area contributed by atoms with E-state index in [2.05, 4.69) is 19.9 Å². The number of aryl methyl sites for hydroxylation is 2. The molecule has 8 heteroatoms. The van der Waals surface area contributed by atoms with Crippen molar-refractivity contribution in [3.63, 3.8) is 0 Å². The summed E-state index contributed by atoms with van der Waals surface area (Å²) in [7, 11) is 1.55. The molecule has 31 heavy (non-hydrogen) atoms. The summed E-state index contributed by atoms with van der Waals surface area (Å²) in [4.78, 5) is 15.6. The predicted molar refractivity (Wildman–Crippen MR) is 112 cm³/mol. The number of hydrogen-bond acceptors (Lipinski definition) is 5. The molecule has 3 aromatic heterocycles. The highest BCUT2D eigenvalue weighted by Crippen LogP contribution is 2.35. The average Bonchev–Trinajstić information content (AvgIpc) is 3.14. The lowest BCUT2D eigenvalue weighted by Gasteiger charge is -2.11. The van der Waals surface area contributed by atoms with Gasteiger partial charge in [0.25, 0.3) is 0 Å². The third kappa shape index (κ3) is 4.37. The number of aromatic amines is 1. The zero-order valence-corrected chi connectivity index (χ0v) is 17.2. The molecule has 0 saturated heterocycles. The van der Waals surface area contributed by atoms with Gasteiger partial charge >= 0.3 is 0 Å². The van der Waals surface area contributed by atoms with Crippen molar-refractivity contribution in [1.82, 2.24) is 19.9 Å². The quantitative estimate of drug-likeness (QED) is 0.442. The third-order valence-electron chi connectivity index (χ3n) is 4.74. The largest absolute Gasteiger partial charge is 0.496 e. The van der Waals surface area contributed by atoms with Crippen LogP contribution in [0.25, 0.3) is 22.6 Å². The number of imidazole rings is 1. The standard InChI is InChI=1S/C23H20F2N4O2/c1-13-8-18(24)19(26-10-13)12-31-16-5-6-17(20(9-16)30-3)22-14(2)28-23(29-22)15-4-7-21(25)27-11-15/h4-11H,12H2,1-3H3,(H,28,29). The van der Waals surface area contributed by atoms with Crippen molar-refractivity contribution >= 4 is 0 Å². The zero-order valence-electron chi connectivity index (χ0n) is 17.2. The minimum Gasteiger partial charge on any atom is -0.496 e. The molecule has 0 aliphatic rings. The van der Waals surface area contributed by atoms with Crippen LogP contribution in [0.1, 0.15) is 17.0 Å². The first kappa shape index (κ1) is 20.5. The highest BCUT2D eigenvalue weighted by atomic mass is 19.1. The van der Waals surface area contributed by atoms with Gasteiger partial charge in [-0.05, 0) is 49.7 Å². The number of rotatable bonds is 6. The Morgan fingerprint density at radius 1 is 1.00 bits per heavy atom. The Morgan fingerprint density at radius 3 is 2.55 bits per heavy atom. The van der Waals surface area contributed by atoms with Crippen LogP contribution in [-0.4, -0.2) is 27.0 Å². The van der Waals surface area contributed by atoms with Gasteiger partial charge < -0.3 is 14.5 Å². The minimum atomic E-state index is -0.551. The van der Waals surface area contributed by atoms with Gasteiger partial charge in [-0.25, -0.2) is 14.4 Å². The van der Waals surface area contributed by atoms with E-state index in [0.717, 1.165) is 16.8 Å². The molecule has 4 aromatic rings. The number of aromatic nitrogens is 4. The maximum absolute atomic E-state index is 14.0. The molecule has 158 valence electrons. The Kier molecular flexibility index (Phi) is 5.62. The summed E-state index contributed by atoms with van der Waals surface area (Å²) in [5.41, 5.74) is 3.91. The topological polar surface area (TPSA) is 72.9 Å². The number of nitrogens with zero attached hydrogens (tertiary/aromatic N) is 3. The summed E-state index contributed by atoms with van der Waals surface area (Å²) in [6.45, 7) is 3.66. The first-order chi connectivity index (χ1) is 14.9. The lowest BCUT2D eigenvalue weighted by molar-refractivity contribution is 0.292. The van der Waals surface area contributed by atoms with Crippen molar-refractivity contribution in [1.29, 1.82) is 0 Å². The van der Waals surface area contributed by atoms with Crippen molar-refractivity contribution in [3.05, 3.63) is 77.5 Å². The third-order valence-corrected chi connectivity index (χ3v) is 4.74. The Hall–Kier alpha value is -3.81. The Morgan fingerprint density at radius 2 is 1.84 bits per heavy atom. The molecule has 0 amide bonds. The SMILES string of the molecule is COc1cc(OCc2ncc(C)cc2F)ccc1-c1nc(-c2ccc(F)nc2)[nH]c1C. The highest BCUT2D eigenvalue weighted by Gasteiger charge is 2.16. The maximum atomic E-state index is 14.0. The Labute approximate surface area is 177 Å². The summed E-state index contributed by atoms with van der Waals surface area (Å²) in [6.07, 6.45) is 3.02. The van der Waals surface area contributed by atoms with E-state index in [9.17, 15) is 8.78 Å². The van der Waals surface area contributed by atoms with E-state index in [0.29, 0.717) is 28.6 Å². The summed E-state index contributed by atoms with van der Waals surface area (Å²) in [6, 6.07) is 9.61. The number of hydrogen-bond donors (Lipinski definition) is 1. The zero-order chi connectivity index (χ0) is 22.0. The van der Waals surface area contributed by atoms with Crippen LogP contribution in [0.2, 0.25) is 0 Å². The molecule has 3 heterocycles. The van der Waals surface area contributed by atoms with Gasteiger partial charge in [0, 0.05) is 35.3 Å². The number of nitrogens with one attached hydrogen (secondary N) is 1. The highest BCUT2D eigenvalue weighted by molar-refractivity contribution is 5.73. The Bertz CT molecular complexity index is 1220. The van der Waals surface area contributed by atoms with E-state index >= 15 is 0 Å². The second-order valence-corrected chi connectivity index (χ2v) is 7.02. The average molecular weight is 422 g/mol. The molecule has 0 saturated carbocycles. The van der Waals surface area contributed by atoms with Gasteiger partial charge in [0.1, 0.15) is 35.4 Å². The summed E-state index contributed by atoms with van der Waals surface area (Å²) < 4.78 is 38.3. The fourth-order valence-corrected chi connectivity index (χ4v) is 3.15. The smallest absolute Gasteiger partial charge is 0.212 e. The molecule has 0 aliphatic carbocycles. The normalized spacial score (nSPS) is 10.9. The summed E-state index contributed by atoms with van der Waals surface area (Å²) in [5.74, 6) is 0.679. The fourth-order valence-electron chi connectivity index (χ4n) is 3.15. The van der Waals surface area contributed by atoms with Crippen LogP contribution in [0.3, 0.4) is 0 Å². The molecule has 1 aromatic carbocycles. The van der Waals surface area contributed by atoms with Crippen LogP contribution >= 0.6 is 0 Å². The molecular weight excluding hydrogens is 402 g/mol. The predicted octanol–water partition coefficient (Wildman–Crippen LogP) is 5.02. The number of H-pyrrole nitrogens is 1. The number of halogens is 2. The van der Waals surface area contributed by atoms with Gasteiger partial charge in [-0.15, -0.1) is 0 Å². The van der Waals surface area contributed by atoms with E-state index in [4.69, 9.17) is 9.47 Å². The van der Waals surface area contributed by atoms with Crippen LogP contribution in [0.5, 0.6) is 11.5 Å². The van der Waals surface area contributed by atoms with Crippen molar-refractivity contribution in [3.8, 4) is 34.1 Å². The van der Waals surface area contributed by atoms with Crippen LogP contribution in [0, 0.1) is 25.6 Å². The molecule has 6 nitrogen and oxygen atoms in total. The van der Waals surface area contributed by atoms with E-state index in [1.165, 1.54) is 18.3 Å². The molecular formula is C23H20F2N4O2.